The fraction of sp³-hybridized carbons (Fsp3) is 0.545. The molecule has 0 radical (unpaired) electrons. The first-order valence-electron chi connectivity index (χ1n) is 5.79. The van der Waals surface area contributed by atoms with E-state index in [0.29, 0.717) is 19.5 Å². The van der Waals surface area contributed by atoms with Crippen molar-refractivity contribution in [3.8, 4) is 0 Å². The number of nitrogens with zero attached hydrogens (tertiary/aromatic N) is 2. The zero-order chi connectivity index (χ0) is 13.3. The minimum atomic E-state index is -3.84. The number of aromatic nitrogens is 1. The third kappa shape index (κ3) is 2.38. The van der Waals surface area contributed by atoms with Crippen LogP contribution in [0, 0.1) is 11.7 Å². The van der Waals surface area contributed by atoms with E-state index in [-0.39, 0.29) is 12.0 Å². The minimum Gasteiger partial charge on any atom is -0.328 e. The first kappa shape index (κ1) is 13.4. The molecule has 2 N–H and O–H groups in total. The van der Waals surface area contributed by atoms with Crippen molar-refractivity contribution in [2.75, 3.05) is 13.1 Å². The summed E-state index contributed by atoms with van der Waals surface area (Å²) in [6.45, 7) is 2.54. The molecule has 0 aromatic carbocycles. The summed E-state index contributed by atoms with van der Waals surface area (Å²) in [7, 11) is -3.84. The summed E-state index contributed by atoms with van der Waals surface area (Å²) in [4.78, 5) is 3.63. The fourth-order valence-electron chi connectivity index (χ4n) is 2.08. The Hall–Kier alpha value is -1.05. The Morgan fingerprint density at radius 3 is 2.89 bits per heavy atom. The van der Waals surface area contributed by atoms with Crippen LogP contribution in [0.3, 0.4) is 0 Å². The van der Waals surface area contributed by atoms with E-state index in [1.807, 2.05) is 6.92 Å². The number of pyridine rings is 1. The van der Waals surface area contributed by atoms with Crippen LogP contribution in [0.2, 0.25) is 0 Å². The molecule has 1 fully saturated rings. The van der Waals surface area contributed by atoms with Crippen molar-refractivity contribution < 1.29 is 12.8 Å². The lowest BCUT2D eigenvalue weighted by Crippen LogP contribution is -2.33. The molecule has 7 heteroatoms. The molecule has 2 atom stereocenters. The molecule has 1 saturated heterocycles. The quantitative estimate of drug-likeness (QED) is 0.874. The van der Waals surface area contributed by atoms with Gasteiger partial charge in [0.25, 0.3) is 10.0 Å². The molecule has 0 aliphatic carbocycles. The van der Waals surface area contributed by atoms with Gasteiger partial charge in [0.15, 0.2) is 5.82 Å². The highest BCUT2D eigenvalue weighted by Gasteiger charge is 2.36. The summed E-state index contributed by atoms with van der Waals surface area (Å²) in [6.07, 6.45) is 1.97. The third-order valence-electron chi connectivity index (χ3n) is 3.24. The van der Waals surface area contributed by atoms with Gasteiger partial charge >= 0.3 is 0 Å². The van der Waals surface area contributed by atoms with Gasteiger partial charge in [0, 0.05) is 25.3 Å². The molecule has 0 saturated carbocycles. The Bertz CT molecular complexity index is 533. The number of halogens is 1. The van der Waals surface area contributed by atoms with Crippen molar-refractivity contribution in [2.24, 2.45) is 11.7 Å². The van der Waals surface area contributed by atoms with Gasteiger partial charge in [0.05, 0.1) is 0 Å². The second-order valence-electron chi connectivity index (χ2n) is 4.56. The SMILES string of the molecule is CC(N)C1CCN(S(=O)(=O)c2ncccc2F)C1. The Morgan fingerprint density at radius 2 is 2.33 bits per heavy atom. The standard InChI is InChI=1S/C11H16FN3O2S/c1-8(13)9-4-6-15(7-9)18(16,17)11-10(12)3-2-5-14-11/h2-3,5,8-9H,4,6-7,13H2,1H3. The molecule has 18 heavy (non-hydrogen) atoms. The average Bonchev–Trinajstić information content (AvgIpc) is 2.79. The van der Waals surface area contributed by atoms with Gasteiger partial charge < -0.3 is 5.73 Å². The zero-order valence-corrected chi connectivity index (χ0v) is 10.9. The maximum Gasteiger partial charge on any atom is 0.263 e. The lowest BCUT2D eigenvalue weighted by Gasteiger charge is -2.17. The summed E-state index contributed by atoms with van der Waals surface area (Å²) in [5, 5.41) is -0.504. The zero-order valence-electron chi connectivity index (χ0n) is 10.1. The summed E-state index contributed by atoms with van der Waals surface area (Å²) >= 11 is 0. The van der Waals surface area contributed by atoms with E-state index >= 15 is 0 Å². The highest BCUT2D eigenvalue weighted by Crippen LogP contribution is 2.25. The van der Waals surface area contributed by atoms with Gasteiger partial charge in [-0.3, -0.25) is 0 Å². The lowest BCUT2D eigenvalue weighted by atomic mass is 10.0. The first-order chi connectivity index (χ1) is 8.43. The predicted octanol–water partition coefficient (Wildman–Crippen LogP) is 0.579. The summed E-state index contributed by atoms with van der Waals surface area (Å²) in [5.74, 6) is -0.701. The number of rotatable bonds is 3. The third-order valence-corrected chi connectivity index (χ3v) is 5.04. The summed E-state index contributed by atoms with van der Waals surface area (Å²) in [6, 6.07) is 2.39. The van der Waals surface area contributed by atoms with Crippen LogP contribution in [0.1, 0.15) is 13.3 Å². The minimum absolute atomic E-state index is 0.0706. The van der Waals surface area contributed by atoms with E-state index in [4.69, 9.17) is 5.73 Å². The van der Waals surface area contributed by atoms with E-state index in [9.17, 15) is 12.8 Å². The number of sulfonamides is 1. The van der Waals surface area contributed by atoms with E-state index in [1.165, 1.54) is 16.6 Å². The average molecular weight is 273 g/mol. The molecule has 2 heterocycles. The number of nitrogens with two attached hydrogens (primary N) is 1. The second-order valence-corrected chi connectivity index (χ2v) is 6.41. The molecule has 1 aromatic heterocycles. The molecule has 1 aromatic rings. The molecule has 0 spiro atoms. The molecule has 0 bridgehead atoms. The molecule has 2 unspecified atom stereocenters. The normalized spacial score (nSPS) is 23.2. The van der Waals surface area contributed by atoms with E-state index in [2.05, 4.69) is 4.98 Å². The second kappa shape index (κ2) is 4.91. The number of hydrogen-bond acceptors (Lipinski definition) is 4. The van der Waals surface area contributed by atoms with Gasteiger partial charge in [-0.2, -0.15) is 4.31 Å². The van der Waals surface area contributed by atoms with Crippen LogP contribution in [0.25, 0.3) is 0 Å². The smallest absolute Gasteiger partial charge is 0.263 e. The molecule has 1 aliphatic heterocycles. The molecular weight excluding hydrogens is 257 g/mol. The maximum atomic E-state index is 13.5. The molecule has 1 aliphatic rings. The van der Waals surface area contributed by atoms with E-state index in [0.717, 1.165) is 6.07 Å². The van der Waals surface area contributed by atoms with Crippen LogP contribution >= 0.6 is 0 Å². The Labute approximate surface area is 106 Å². The molecule has 0 amide bonds. The Balaban J connectivity index is 2.26. The molecular formula is C11H16FN3O2S. The largest absolute Gasteiger partial charge is 0.328 e. The van der Waals surface area contributed by atoms with Gasteiger partial charge in [-0.25, -0.2) is 17.8 Å². The molecule has 100 valence electrons. The molecule has 2 rings (SSSR count). The summed E-state index contributed by atoms with van der Waals surface area (Å²) < 4.78 is 39.2. The van der Waals surface area contributed by atoms with Crippen LogP contribution in [0.15, 0.2) is 23.4 Å². The van der Waals surface area contributed by atoms with Crippen molar-refractivity contribution in [1.29, 1.82) is 0 Å². The highest BCUT2D eigenvalue weighted by atomic mass is 32.2. The van der Waals surface area contributed by atoms with Crippen LogP contribution < -0.4 is 5.73 Å². The summed E-state index contributed by atoms with van der Waals surface area (Å²) in [5.41, 5.74) is 5.76. The number of hydrogen-bond donors (Lipinski definition) is 1. The van der Waals surface area contributed by atoms with Gasteiger partial charge in [0.1, 0.15) is 0 Å². The monoisotopic (exact) mass is 273 g/mol. The predicted molar refractivity (Wildman–Crippen MR) is 64.7 cm³/mol. The maximum absolute atomic E-state index is 13.5. The van der Waals surface area contributed by atoms with Crippen LogP contribution in [0.5, 0.6) is 0 Å². The highest BCUT2D eigenvalue weighted by molar-refractivity contribution is 7.89. The van der Waals surface area contributed by atoms with Gasteiger partial charge in [-0.05, 0) is 31.4 Å². The van der Waals surface area contributed by atoms with Crippen molar-refractivity contribution in [3.05, 3.63) is 24.1 Å². The van der Waals surface area contributed by atoms with Crippen molar-refractivity contribution in [2.45, 2.75) is 24.4 Å². The van der Waals surface area contributed by atoms with Crippen LogP contribution in [-0.4, -0.2) is 36.8 Å². The lowest BCUT2D eigenvalue weighted by molar-refractivity contribution is 0.424. The first-order valence-corrected chi connectivity index (χ1v) is 7.23. The van der Waals surface area contributed by atoms with E-state index in [1.54, 1.807) is 0 Å². The van der Waals surface area contributed by atoms with Gasteiger partial charge in [-0.1, -0.05) is 0 Å². The van der Waals surface area contributed by atoms with Crippen molar-refractivity contribution >= 4 is 10.0 Å². The van der Waals surface area contributed by atoms with Gasteiger partial charge in [-0.15, -0.1) is 0 Å². The Kier molecular flexibility index (Phi) is 3.65. The fourth-order valence-corrected chi connectivity index (χ4v) is 3.57. The van der Waals surface area contributed by atoms with Crippen LogP contribution in [-0.2, 0) is 10.0 Å². The molecule has 5 nitrogen and oxygen atoms in total. The van der Waals surface area contributed by atoms with Gasteiger partial charge in [0.2, 0.25) is 5.03 Å². The van der Waals surface area contributed by atoms with Crippen LogP contribution in [0.4, 0.5) is 4.39 Å². The Morgan fingerprint density at radius 1 is 1.61 bits per heavy atom. The van der Waals surface area contributed by atoms with E-state index < -0.39 is 20.9 Å². The van der Waals surface area contributed by atoms with Crippen molar-refractivity contribution in [1.82, 2.24) is 9.29 Å². The van der Waals surface area contributed by atoms with Crippen molar-refractivity contribution in [3.63, 3.8) is 0 Å². The topological polar surface area (TPSA) is 76.3 Å².